The highest BCUT2D eigenvalue weighted by atomic mass is 16.6. The number of hydrogen-bond donors (Lipinski definition) is 1. The molecule has 2 aromatic rings. The van der Waals surface area contributed by atoms with Crippen molar-refractivity contribution in [2.75, 3.05) is 5.32 Å². The number of nitrogens with zero attached hydrogens (tertiary/aromatic N) is 1. The van der Waals surface area contributed by atoms with E-state index in [-0.39, 0.29) is 16.9 Å². The highest BCUT2D eigenvalue weighted by Crippen LogP contribution is 2.17. The van der Waals surface area contributed by atoms with E-state index in [0.29, 0.717) is 0 Å². The van der Waals surface area contributed by atoms with Crippen LogP contribution in [0.25, 0.3) is 0 Å². The molecule has 0 saturated carbocycles. The van der Waals surface area contributed by atoms with Gasteiger partial charge in [-0.2, -0.15) is 0 Å². The minimum atomic E-state index is -0.836. The van der Waals surface area contributed by atoms with Crippen molar-refractivity contribution in [1.82, 2.24) is 0 Å². The lowest BCUT2D eigenvalue weighted by atomic mass is 10.1. The number of carbonyl (C=O) groups is 2. The van der Waals surface area contributed by atoms with Gasteiger partial charge < -0.3 is 5.32 Å². The Hall–Kier alpha value is -3.02. The number of rotatable bonds is 4. The van der Waals surface area contributed by atoms with Crippen LogP contribution in [0, 0.1) is 10.1 Å². The number of nitro groups is 1. The van der Waals surface area contributed by atoms with Gasteiger partial charge in [0.15, 0.2) is 0 Å². The van der Waals surface area contributed by atoms with Crippen molar-refractivity contribution < 1.29 is 14.5 Å². The SMILES string of the molecule is O=C(Nc1cccc([N+](=O)[O-])c1)C(=O)c1ccccc1. The molecule has 0 heterocycles. The lowest BCUT2D eigenvalue weighted by Gasteiger charge is -2.04. The molecule has 20 heavy (non-hydrogen) atoms. The normalized spacial score (nSPS) is 9.80. The summed E-state index contributed by atoms with van der Waals surface area (Å²) in [6, 6.07) is 13.5. The van der Waals surface area contributed by atoms with Gasteiger partial charge in [0.1, 0.15) is 0 Å². The minimum absolute atomic E-state index is 0.157. The molecule has 2 rings (SSSR count). The maximum absolute atomic E-state index is 11.8. The molecule has 0 fully saturated rings. The Labute approximate surface area is 114 Å². The first-order valence-electron chi connectivity index (χ1n) is 5.73. The first kappa shape index (κ1) is 13.4. The Morgan fingerprint density at radius 3 is 2.35 bits per heavy atom. The van der Waals surface area contributed by atoms with Crippen molar-refractivity contribution in [2.24, 2.45) is 0 Å². The molecule has 0 radical (unpaired) electrons. The highest BCUT2D eigenvalue weighted by molar-refractivity contribution is 6.46. The molecule has 1 amide bonds. The number of non-ortho nitro benzene ring substituents is 1. The van der Waals surface area contributed by atoms with E-state index in [2.05, 4.69) is 5.32 Å². The first-order chi connectivity index (χ1) is 9.58. The van der Waals surface area contributed by atoms with Crippen LogP contribution >= 0.6 is 0 Å². The van der Waals surface area contributed by atoms with Crippen LogP contribution < -0.4 is 5.32 Å². The highest BCUT2D eigenvalue weighted by Gasteiger charge is 2.16. The monoisotopic (exact) mass is 270 g/mol. The van der Waals surface area contributed by atoms with Gasteiger partial charge in [0.05, 0.1) is 4.92 Å². The van der Waals surface area contributed by atoms with Gasteiger partial charge in [0.2, 0.25) is 0 Å². The summed E-state index contributed by atoms with van der Waals surface area (Å²) < 4.78 is 0. The lowest BCUT2D eigenvalue weighted by molar-refractivity contribution is -0.384. The second-order valence-corrected chi connectivity index (χ2v) is 3.96. The summed E-state index contributed by atoms with van der Waals surface area (Å²) in [5, 5.41) is 13.0. The summed E-state index contributed by atoms with van der Waals surface area (Å²) in [6.07, 6.45) is 0. The molecule has 6 nitrogen and oxygen atoms in total. The summed E-state index contributed by atoms with van der Waals surface area (Å²) in [5.41, 5.74) is 0.305. The maximum atomic E-state index is 11.8. The fourth-order valence-electron chi connectivity index (χ4n) is 1.61. The number of benzene rings is 2. The van der Waals surface area contributed by atoms with Crippen LogP contribution in [0.15, 0.2) is 54.6 Å². The third-order valence-electron chi connectivity index (χ3n) is 2.56. The number of anilines is 1. The fraction of sp³-hybridized carbons (Fsp3) is 0. The molecular weight excluding hydrogens is 260 g/mol. The molecule has 0 aliphatic heterocycles. The summed E-state index contributed by atoms with van der Waals surface area (Å²) in [5.74, 6) is -1.53. The quantitative estimate of drug-likeness (QED) is 0.400. The second-order valence-electron chi connectivity index (χ2n) is 3.96. The number of Topliss-reactive ketones (excluding diaryl/α,β-unsaturated/α-hetero) is 1. The van der Waals surface area contributed by atoms with Crippen LogP contribution in [-0.2, 0) is 4.79 Å². The van der Waals surface area contributed by atoms with Crippen molar-refractivity contribution in [3.05, 3.63) is 70.3 Å². The van der Waals surface area contributed by atoms with Crippen LogP contribution in [0.4, 0.5) is 11.4 Å². The average molecular weight is 270 g/mol. The fourth-order valence-corrected chi connectivity index (χ4v) is 1.61. The van der Waals surface area contributed by atoms with E-state index in [1.807, 2.05) is 0 Å². The van der Waals surface area contributed by atoms with Gasteiger partial charge in [0, 0.05) is 23.4 Å². The molecule has 0 aliphatic rings. The standard InChI is InChI=1S/C14H10N2O4/c17-13(10-5-2-1-3-6-10)14(18)15-11-7-4-8-12(9-11)16(19)20/h1-9H,(H,15,18). The molecule has 2 aromatic carbocycles. The van der Waals surface area contributed by atoms with E-state index in [9.17, 15) is 19.7 Å². The summed E-state index contributed by atoms with van der Waals surface area (Å²) >= 11 is 0. The van der Waals surface area contributed by atoms with Crippen LogP contribution in [0.5, 0.6) is 0 Å². The third-order valence-corrected chi connectivity index (χ3v) is 2.56. The largest absolute Gasteiger partial charge is 0.319 e. The molecule has 6 heteroatoms. The Bertz CT molecular complexity index is 668. The molecule has 0 aliphatic carbocycles. The predicted molar refractivity (Wildman–Crippen MR) is 72.5 cm³/mol. The van der Waals surface area contributed by atoms with E-state index in [1.54, 1.807) is 18.2 Å². The Morgan fingerprint density at radius 2 is 1.70 bits per heavy atom. The van der Waals surface area contributed by atoms with E-state index in [0.717, 1.165) is 0 Å². The first-order valence-corrected chi connectivity index (χ1v) is 5.73. The molecule has 0 saturated heterocycles. The van der Waals surface area contributed by atoms with Crippen LogP contribution in [0.2, 0.25) is 0 Å². The minimum Gasteiger partial charge on any atom is -0.319 e. The van der Waals surface area contributed by atoms with Crippen LogP contribution in [0.1, 0.15) is 10.4 Å². The van der Waals surface area contributed by atoms with Crippen molar-refractivity contribution in [3.8, 4) is 0 Å². The van der Waals surface area contributed by atoms with Gasteiger partial charge in [-0.3, -0.25) is 19.7 Å². The van der Waals surface area contributed by atoms with Crippen LogP contribution in [0.3, 0.4) is 0 Å². The Morgan fingerprint density at radius 1 is 1.00 bits per heavy atom. The van der Waals surface area contributed by atoms with Crippen molar-refractivity contribution in [3.63, 3.8) is 0 Å². The van der Waals surface area contributed by atoms with E-state index >= 15 is 0 Å². The van der Waals surface area contributed by atoms with Crippen molar-refractivity contribution in [2.45, 2.75) is 0 Å². The zero-order chi connectivity index (χ0) is 14.5. The smallest absolute Gasteiger partial charge is 0.296 e. The average Bonchev–Trinajstić information content (AvgIpc) is 2.47. The predicted octanol–water partition coefficient (Wildman–Crippen LogP) is 2.42. The third kappa shape index (κ3) is 3.05. The van der Waals surface area contributed by atoms with Gasteiger partial charge in [0.25, 0.3) is 17.4 Å². The van der Waals surface area contributed by atoms with Gasteiger partial charge in [-0.25, -0.2) is 0 Å². The second kappa shape index (κ2) is 5.75. The van der Waals surface area contributed by atoms with Crippen molar-refractivity contribution in [1.29, 1.82) is 0 Å². The number of nitro benzene ring substituents is 1. The molecule has 0 unspecified atom stereocenters. The van der Waals surface area contributed by atoms with E-state index < -0.39 is 16.6 Å². The van der Waals surface area contributed by atoms with E-state index in [4.69, 9.17) is 0 Å². The summed E-state index contributed by atoms with van der Waals surface area (Å²) in [6.45, 7) is 0. The topological polar surface area (TPSA) is 89.3 Å². The van der Waals surface area contributed by atoms with Crippen LogP contribution in [-0.4, -0.2) is 16.6 Å². The summed E-state index contributed by atoms with van der Waals surface area (Å²) in [7, 11) is 0. The Kier molecular flexibility index (Phi) is 3.85. The van der Waals surface area contributed by atoms with Gasteiger partial charge >= 0.3 is 0 Å². The molecule has 1 N–H and O–H groups in total. The number of ketones is 1. The lowest BCUT2D eigenvalue weighted by Crippen LogP contribution is -2.22. The molecule has 0 atom stereocenters. The van der Waals surface area contributed by atoms with Gasteiger partial charge in [-0.15, -0.1) is 0 Å². The Balaban J connectivity index is 2.14. The molecule has 0 bridgehead atoms. The molecule has 100 valence electrons. The number of carbonyl (C=O) groups excluding carboxylic acids is 2. The summed E-state index contributed by atoms with van der Waals surface area (Å²) in [4.78, 5) is 33.6. The number of nitrogens with one attached hydrogen (secondary N) is 1. The molecule has 0 aromatic heterocycles. The van der Waals surface area contributed by atoms with E-state index in [1.165, 1.54) is 36.4 Å². The molecule has 0 spiro atoms. The zero-order valence-electron chi connectivity index (χ0n) is 10.3. The number of amides is 1. The maximum Gasteiger partial charge on any atom is 0.296 e. The molecular formula is C14H10N2O4. The van der Waals surface area contributed by atoms with Crippen molar-refractivity contribution >= 4 is 23.1 Å². The zero-order valence-corrected chi connectivity index (χ0v) is 10.3. The van der Waals surface area contributed by atoms with Gasteiger partial charge in [-0.05, 0) is 6.07 Å². The van der Waals surface area contributed by atoms with Gasteiger partial charge in [-0.1, -0.05) is 36.4 Å². The number of hydrogen-bond acceptors (Lipinski definition) is 4.